The second-order valence-electron chi connectivity index (χ2n) is 5.71. The van der Waals surface area contributed by atoms with Crippen LogP contribution in [0.2, 0.25) is 0 Å². The molecular weight excluding hydrogens is 309 g/mol. The highest BCUT2D eigenvalue weighted by Gasteiger charge is 2.31. The second kappa shape index (κ2) is 5.49. The van der Waals surface area contributed by atoms with Gasteiger partial charge in [-0.1, -0.05) is 18.2 Å². The minimum atomic E-state index is -0.771. The minimum Gasteiger partial charge on any atom is -0.504 e. The SMILES string of the molecule is O=C1c2c(ccc(F)c2O)CN1Cc1ccc(-n2cccn2)cc1. The van der Waals surface area contributed by atoms with Crippen molar-refractivity contribution in [3.8, 4) is 11.4 Å². The molecule has 5 nitrogen and oxygen atoms in total. The number of nitrogens with zero attached hydrogens (tertiary/aromatic N) is 3. The van der Waals surface area contributed by atoms with Crippen LogP contribution in [0, 0.1) is 5.82 Å². The Bertz CT molecular complexity index is 905. The lowest BCUT2D eigenvalue weighted by Crippen LogP contribution is -2.23. The molecule has 6 heteroatoms. The number of halogens is 1. The number of carbonyl (C=O) groups excluding carboxylic acids is 1. The lowest BCUT2D eigenvalue weighted by molar-refractivity contribution is 0.0764. The smallest absolute Gasteiger partial charge is 0.258 e. The third-order valence-corrected chi connectivity index (χ3v) is 4.16. The van der Waals surface area contributed by atoms with Crippen molar-refractivity contribution in [1.82, 2.24) is 14.7 Å². The van der Waals surface area contributed by atoms with Crippen molar-refractivity contribution < 1.29 is 14.3 Å². The Labute approximate surface area is 137 Å². The van der Waals surface area contributed by atoms with E-state index in [1.54, 1.807) is 21.8 Å². The first-order valence-electron chi connectivity index (χ1n) is 7.52. The summed E-state index contributed by atoms with van der Waals surface area (Å²) in [5.74, 6) is -1.68. The molecule has 1 N–H and O–H groups in total. The number of phenolic OH excluding ortho intramolecular Hbond substituents is 1. The number of fused-ring (bicyclic) bond motifs is 1. The Morgan fingerprint density at radius 1 is 1.17 bits per heavy atom. The highest BCUT2D eigenvalue weighted by molar-refractivity contribution is 6.00. The number of aromatic hydroxyl groups is 1. The predicted molar refractivity (Wildman–Crippen MR) is 85.2 cm³/mol. The van der Waals surface area contributed by atoms with Crippen molar-refractivity contribution in [3.63, 3.8) is 0 Å². The molecule has 0 aliphatic carbocycles. The number of hydrogen-bond acceptors (Lipinski definition) is 3. The predicted octanol–water partition coefficient (Wildman–Crippen LogP) is 2.87. The number of carbonyl (C=O) groups is 1. The molecule has 0 fully saturated rings. The van der Waals surface area contributed by atoms with Crippen LogP contribution in [0.3, 0.4) is 0 Å². The topological polar surface area (TPSA) is 58.4 Å². The lowest BCUT2D eigenvalue weighted by atomic mass is 10.1. The van der Waals surface area contributed by atoms with Gasteiger partial charge in [-0.3, -0.25) is 4.79 Å². The molecule has 1 aromatic heterocycles. The Morgan fingerprint density at radius 2 is 1.96 bits per heavy atom. The van der Waals surface area contributed by atoms with E-state index in [9.17, 15) is 14.3 Å². The summed E-state index contributed by atoms with van der Waals surface area (Å²) in [6, 6.07) is 12.3. The summed E-state index contributed by atoms with van der Waals surface area (Å²) >= 11 is 0. The summed E-state index contributed by atoms with van der Waals surface area (Å²) in [5.41, 5.74) is 2.60. The third-order valence-electron chi connectivity index (χ3n) is 4.16. The standard InChI is InChI=1S/C18H14FN3O2/c19-15-7-4-13-11-21(18(24)16(13)17(15)23)10-12-2-5-14(6-3-12)22-9-1-8-20-22/h1-9,23H,10-11H2. The molecule has 1 amide bonds. The highest BCUT2D eigenvalue weighted by Crippen LogP contribution is 2.33. The van der Waals surface area contributed by atoms with E-state index in [4.69, 9.17) is 0 Å². The molecule has 0 saturated carbocycles. The van der Waals surface area contributed by atoms with Gasteiger partial charge in [0.1, 0.15) is 0 Å². The fourth-order valence-electron chi connectivity index (χ4n) is 2.94. The average molecular weight is 323 g/mol. The number of benzene rings is 2. The maximum Gasteiger partial charge on any atom is 0.258 e. The van der Waals surface area contributed by atoms with E-state index in [0.29, 0.717) is 18.7 Å². The van der Waals surface area contributed by atoms with E-state index in [-0.39, 0.29) is 11.5 Å². The molecule has 0 saturated heterocycles. The zero-order valence-electron chi connectivity index (χ0n) is 12.7. The molecule has 0 radical (unpaired) electrons. The van der Waals surface area contributed by atoms with Gasteiger partial charge in [-0.25, -0.2) is 9.07 Å². The molecule has 4 rings (SSSR count). The number of rotatable bonds is 3. The first kappa shape index (κ1) is 14.4. The van der Waals surface area contributed by atoms with E-state index >= 15 is 0 Å². The van der Waals surface area contributed by atoms with E-state index < -0.39 is 11.6 Å². The van der Waals surface area contributed by atoms with E-state index in [1.807, 2.05) is 36.5 Å². The van der Waals surface area contributed by atoms with Gasteiger partial charge in [-0.2, -0.15) is 5.10 Å². The normalized spacial score (nSPS) is 13.4. The van der Waals surface area contributed by atoms with E-state index in [1.165, 1.54) is 6.07 Å². The van der Waals surface area contributed by atoms with Crippen LogP contribution in [0.15, 0.2) is 54.9 Å². The van der Waals surface area contributed by atoms with Gasteiger partial charge < -0.3 is 10.0 Å². The van der Waals surface area contributed by atoms with Crippen molar-refractivity contribution in [2.24, 2.45) is 0 Å². The monoisotopic (exact) mass is 323 g/mol. The molecule has 2 aromatic carbocycles. The number of hydrogen-bond donors (Lipinski definition) is 1. The Kier molecular flexibility index (Phi) is 3.30. The molecule has 2 heterocycles. The van der Waals surface area contributed by atoms with Gasteiger partial charge >= 0.3 is 0 Å². The van der Waals surface area contributed by atoms with Crippen LogP contribution in [0.25, 0.3) is 5.69 Å². The van der Waals surface area contributed by atoms with Crippen molar-refractivity contribution >= 4 is 5.91 Å². The minimum absolute atomic E-state index is 0.0724. The van der Waals surface area contributed by atoms with Crippen molar-refractivity contribution in [3.05, 3.63) is 77.4 Å². The fourth-order valence-corrected chi connectivity index (χ4v) is 2.94. The van der Waals surface area contributed by atoms with Crippen molar-refractivity contribution in [2.75, 3.05) is 0 Å². The summed E-state index contributed by atoms with van der Waals surface area (Å²) < 4.78 is 15.2. The molecule has 0 bridgehead atoms. The second-order valence-corrected chi connectivity index (χ2v) is 5.71. The summed E-state index contributed by atoms with van der Waals surface area (Å²) in [6.45, 7) is 0.761. The van der Waals surface area contributed by atoms with Gasteiger partial charge in [-0.05, 0) is 35.4 Å². The van der Waals surface area contributed by atoms with E-state index in [0.717, 1.165) is 11.3 Å². The maximum absolute atomic E-state index is 13.5. The molecule has 3 aromatic rings. The summed E-state index contributed by atoms with van der Waals surface area (Å²) in [5, 5.41) is 13.9. The van der Waals surface area contributed by atoms with Crippen LogP contribution in [0.5, 0.6) is 5.75 Å². The maximum atomic E-state index is 13.5. The molecule has 1 aliphatic rings. The molecular formula is C18H14FN3O2. The molecule has 120 valence electrons. The Balaban J connectivity index is 1.55. The number of amides is 1. The Hall–Kier alpha value is -3.15. The third kappa shape index (κ3) is 2.32. The number of aromatic nitrogens is 2. The molecule has 24 heavy (non-hydrogen) atoms. The fraction of sp³-hybridized carbons (Fsp3) is 0.111. The van der Waals surface area contributed by atoms with Crippen LogP contribution in [-0.4, -0.2) is 25.7 Å². The van der Waals surface area contributed by atoms with E-state index in [2.05, 4.69) is 5.10 Å². The van der Waals surface area contributed by atoms with Crippen LogP contribution in [0.1, 0.15) is 21.5 Å². The molecule has 0 unspecified atom stereocenters. The van der Waals surface area contributed by atoms with Crippen molar-refractivity contribution in [2.45, 2.75) is 13.1 Å². The van der Waals surface area contributed by atoms with Crippen LogP contribution in [0.4, 0.5) is 4.39 Å². The highest BCUT2D eigenvalue weighted by atomic mass is 19.1. The number of phenols is 1. The lowest BCUT2D eigenvalue weighted by Gasteiger charge is -2.16. The van der Waals surface area contributed by atoms with Crippen LogP contribution in [-0.2, 0) is 13.1 Å². The van der Waals surface area contributed by atoms with Crippen molar-refractivity contribution in [1.29, 1.82) is 0 Å². The van der Waals surface area contributed by atoms with Gasteiger partial charge in [0.05, 0.1) is 11.3 Å². The molecule has 1 aliphatic heterocycles. The Morgan fingerprint density at radius 3 is 2.67 bits per heavy atom. The van der Waals surface area contributed by atoms with Gasteiger partial charge in [0.15, 0.2) is 11.6 Å². The summed E-state index contributed by atoms with van der Waals surface area (Å²) in [7, 11) is 0. The average Bonchev–Trinajstić information content (AvgIpc) is 3.22. The van der Waals surface area contributed by atoms with Gasteiger partial charge in [0.2, 0.25) is 0 Å². The van der Waals surface area contributed by atoms with Crippen LogP contribution < -0.4 is 0 Å². The van der Waals surface area contributed by atoms with Gasteiger partial charge in [0, 0.05) is 25.5 Å². The van der Waals surface area contributed by atoms with Gasteiger partial charge in [-0.15, -0.1) is 0 Å². The zero-order valence-corrected chi connectivity index (χ0v) is 12.7. The first-order chi connectivity index (χ1) is 11.6. The molecule has 0 spiro atoms. The van der Waals surface area contributed by atoms with Gasteiger partial charge in [0.25, 0.3) is 5.91 Å². The quantitative estimate of drug-likeness (QED) is 0.806. The summed E-state index contributed by atoms with van der Waals surface area (Å²) in [6.07, 6.45) is 3.56. The largest absolute Gasteiger partial charge is 0.504 e. The summed E-state index contributed by atoms with van der Waals surface area (Å²) in [4.78, 5) is 14.0. The molecule has 0 atom stereocenters. The van der Waals surface area contributed by atoms with Crippen LogP contribution >= 0.6 is 0 Å². The zero-order chi connectivity index (χ0) is 16.7. The first-order valence-corrected chi connectivity index (χ1v) is 7.52.